The van der Waals surface area contributed by atoms with Gasteiger partial charge >= 0.3 is 0 Å². The summed E-state index contributed by atoms with van der Waals surface area (Å²) in [6, 6.07) is 0.462. The van der Waals surface area contributed by atoms with Gasteiger partial charge in [-0.1, -0.05) is 73.1 Å². The molecule has 2 N–H and O–H groups in total. The highest BCUT2D eigenvalue weighted by molar-refractivity contribution is 5.15. The number of rotatable bonds is 8. The van der Waals surface area contributed by atoms with E-state index in [0.717, 1.165) is 17.8 Å². The second-order valence-electron chi connectivity index (χ2n) is 11.5. The van der Waals surface area contributed by atoms with Crippen LogP contribution in [0.2, 0.25) is 0 Å². The Kier molecular flexibility index (Phi) is 6.18. The highest BCUT2D eigenvalue weighted by atomic mass is 14.8. The van der Waals surface area contributed by atoms with Gasteiger partial charge in [0.1, 0.15) is 0 Å². The summed E-state index contributed by atoms with van der Waals surface area (Å²) in [5, 5.41) is 0. The number of unbranched alkanes of at least 4 members (excludes halogenated alkanes) is 1. The highest BCUT2D eigenvalue weighted by Crippen LogP contribution is 2.73. The van der Waals surface area contributed by atoms with Gasteiger partial charge in [-0.15, -0.1) is 0 Å². The van der Waals surface area contributed by atoms with Crippen LogP contribution in [-0.2, 0) is 0 Å². The van der Waals surface area contributed by atoms with Crippen molar-refractivity contribution in [3.63, 3.8) is 0 Å². The first kappa shape index (κ1) is 20.7. The molecule has 0 heterocycles. The third kappa shape index (κ3) is 3.63. The number of hydrogen-bond donors (Lipinski definition) is 1. The first-order chi connectivity index (χ1) is 12.3. The molecule has 26 heavy (non-hydrogen) atoms. The maximum atomic E-state index is 7.05. The van der Waals surface area contributed by atoms with Crippen molar-refractivity contribution < 1.29 is 0 Å². The Labute approximate surface area is 164 Å². The molecule has 1 nitrogen and oxygen atoms in total. The summed E-state index contributed by atoms with van der Waals surface area (Å²) in [7, 11) is 0. The van der Waals surface area contributed by atoms with Gasteiger partial charge in [0.2, 0.25) is 0 Å². The Morgan fingerprint density at radius 1 is 1.04 bits per heavy atom. The smallest absolute Gasteiger partial charge is 0.00985 e. The molecule has 0 aliphatic heterocycles. The van der Waals surface area contributed by atoms with Gasteiger partial charge in [-0.25, -0.2) is 0 Å². The molecule has 0 aromatic heterocycles. The lowest BCUT2D eigenvalue weighted by molar-refractivity contribution is -0.195. The van der Waals surface area contributed by atoms with Crippen LogP contribution in [0.1, 0.15) is 118 Å². The molecule has 4 rings (SSSR count). The molecule has 3 unspecified atom stereocenters. The van der Waals surface area contributed by atoms with E-state index in [4.69, 9.17) is 5.73 Å². The van der Waals surface area contributed by atoms with E-state index in [0.29, 0.717) is 22.3 Å². The maximum Gasteiger partial charge on any atom is 0.00985 e. The third-order valence-electron chi connectivity index (χ3n) is 9.36. The second kappa shape index (κ2) is 7.76. The van der Waals surface area contributed by atoms with Crippen molar-refractivity contribution in [2.75, 3.05) is 0 Å². The van der Waals surface area contributed by atoms with Crippen LogP contribution in [0.25, 0.3) is 0 Å². The lowest BCUT2D eigenvalue weighted by atomic mass is 9.35. The first-order valence-electron chi connectivity index (χ1n) is 12.0. The molecule has 4 fully saturated rings. The summed E-state index contributed by atoms with van der Waals surface area (Å²) in [6.45, 7) is 12.4. The predicted octanol–water partition coefficient (Wildman–Crippen LogP) is 7.33. The number of hydrogen-bond acceptors (Lipinski definition) is 1. The molecule has 0 aromatic rings. The monoisotopic (exact) mass is 361 g/mol. The van der Waals surface area contributed by atoms with Crippen LogP contribution in [0, 0.1) is 34.0 Å². The van der Waals surface area contributed by atoms with Gasteiger partial charge in [0.05, 0.1) is 0 Å². The highest BCUT2D eigenvalue weighted by Gasteiger charge is 2.64. The van der Waals surface area contributed by atoms with Crippen LogP contribution < -0.4 is 5.73 Å². The van der Waals surface area contributed by atoms with Crippen molar-refractivity contribution >= 4 is 0 Å². The lowest BCUT2D eigenvalue weighted by Crippen LogP contribution is -2.62. The van der Waals surface area contributed by atoms with E-state index in [9.17, 15) is 0 Å². The molecule has 4 atom stereocenters. The summed E-state index contributed by atoms with van der Waals surface area (Å²) in [5.41, 5.74) is 8.79. The fourth-order valence-electron chi connectivity index (χ4n) is 7.79. The molecule has 0 amide bonds. The fraction of sp³-hybridized carbons (Fsp3) is 1.00. The maximum absolute atomic E-state index is 7.05. The Hall–Kier alpha value is -0.0400. The van der Waals surface area contributed by atoms with E-state index in [1.165, 1.54) is 83.5 Å². The molecular weight excluding hydrogens is 314 g/mol. The molecule has 0 spiro atoms. The molecule has 0 radical (unpaired) electrons. The van der Waals surface area contributed by atoms with Crippen LogP contribution in [0.4, 0.5) is 0 Å². The first-order valence-corrected chi connectivity index (χ1v) is 12.0. The van der Waals surface area contributed by atoms with Crippen molar-refractivity contribution in [2.45, 2.75) is 124 Å². The molecular formula is C25H47N. The second-order valence-corrected chi connectivity index (χ2v) is 11.5. The Balaban J connectivity index is 1.77. The summed E-state index contributed by atoms with van der Waals surface area (Å²) in [5.74, 6) is 2.43. The zero-order valence-electron chi connectivity index (χ0n) is 18.6. The Morgan fingerprint density at radius 3 is 2.35 bits per heavy atom. The average Bonchev–Trinajstić information content (AvgIpc) is 2.59. The molecule has 0 saturated heterocycles. The molecule has 2 bridgehead atoms. The van der Waals surface area contributed by atoms with Gasteiger partial charge in [-0.2, -0.15) is 0 Å². The Morgan fingerprint density at radius 2 is 1.73 bits per heavy atom. The van der Waals surface area contributed by atoms with Gasteiger partial charge in [0.25, 0.3) is 0 Å². The molecule has 4 aliphatic rings. The van der Waals surface area contributed by atoms with E-state index in [1.54, 1.807) is 0 Å². The van der Waals surface area contributed by atoms with Crippen LogP contribution in [0.5, 0.6) is 0 Å². The summed E-state index contributed by atoms with van der Waals surface area (Å²) in [4.78, 5) is 0. The molecule has 4 aliphatic carbocycles. The summed E-state index contributed by atoms with van der Waals surface area (Å²) >= 11 is 0. The van der Waals surface area contributed by atoms with E-state index in [1.807, 2.05) is 0 Å². The molecule has 0 aromatic carbocycles. The average molecular weight is 362 g/mol. The van der Waals surface area contributed by atoms with Crippen LogP contribution in [0.3, 0.4) is 0 Å². The SMILES string of the molecule is CCCCC(C)(C)C12CC(C(N)C3CCCC[C@H]3C)CC(CCC)(C1)C2. The van der Waals surface area contributed by atoms with Gasteiger partial charge in [-0.05, 0) is 78.9 Å². The molecule has 152 valence electrons. The summed E-state index contributed by atoms with van der Waals surface area (Å²) < 4.78 is 0. The third-order valence-corrected chi connectivity index (χ3v) is 9.36. The van der Waals surface area contributed by atoms with Crippen molar-refractivity contribution in [1.29, 1.82) is 0 Å². The predicted molar refractivity (Wildman–Crippen MR) is 114 cm³/mol. The van der Waals surface area contributed by atoms with Crippen molar-refractivity contribution in [3.05, 3.63) is 0 Å². The van der Waals surface area contributed by atoms with Gasteiger partial charge in [0.15, 0.2) is 0 Å². The minimum Gasteiger partial charge on any atom is -0.327 e. The van der Waals surface area contributed by atoms with E-state index < -0.39 is 0 Å². The lowest BCUT2D eigenvalue weighted by Gasteiger charge is -2.70. The fourth-order valence-corrected chi connectivity index (χ4v) is 7.79. The zero-order chi connectivity index (χ0) is 19.0. The number of fused-ring (bicyclic) bond motifs is 2. The minimum absolute atomic E-state index is 0.462. The summed E-state index contributed by atoms with van der Waals surface area (Å²) in [6.07, 6.45) is 18.5. The van der Waals surface area contributed by atoms with Crippen LogP contribution >= 0.6 is 0 Å². The van der Waals surface area contributed by atoms with Crippen molar-refractivity contribution in [1.82, 2.24) is 0 Å². The zero-order valence-corrected chi connectivity index (χ0v) is 18.6. The standard InChI is InChI=1S/C25H47N/c1-6-8-14-23(4,5)25-16-20(15-24(17-25,18-25)13-7-2)22(26)21-12-10-9-11-19(21)3/h19-22H,6-18,26H2,1-5H3/t19-,20?,21?,22?,24?,25?/m1/s1. The Bertz CT molecular complexity index is 459. The van der Waals surface area contributed by atoms with Crippen LogP contribution in [0.15, 0.2) is 0 Å². The van der Waals surface area contributed by atoms with Gasteiger partial charge < -0.3 is 5.73 Å². The van der Waals surface area contributed by atoms with E-state index >= 15 is 0 Å². The van der Waals surface area contributed by atoms with Crippen LogP contribution in [-0.4, -0.2) is 6.04 Å². The normalized spacial score (nSPS) is 41.5. The quantitative estimate of drug-likeness (QED) is 0.481. The van der Waals surface area contributed by atoms with E-state index in [2.05, 4.69) is 34.6 Å². The van der Waals surface area contributed by atoms with Crippen molar-refractivity contribution in [2.24, 2.45) is 39.7 Å². The van der Waals surface area contributed by atoms with Gasteiger partial charge in [0, 0.05) is 6.04 Å². The van der Waals surface area contributed by atoms with E-state index in [-0.39, 0.29) is 0 Å². The molecule has 1 heteroatoms. The van der Waals surface area contributed by atoms with Crippen molar-refractivity contribution in [3.8, 4) is 0 Å². The van der Waals surface area contributed by atoms with Gasteiger partial charge in [-0.3, -0.25) is 0 Å². The largest absolute Gasteiger partial charge is 0.327 e. The minimum atomic E-state index is 0.462. The number of nitrogens with two attached hydrogens (primary N) is 1. The molecule has 4 saturated carbocycles. The topological polar surface area (TPSA) is 26.0 Å².